The summed E-state index contributed by atoms with van der Waals surface area (Å²) in [6.45, 7) is -0.0804. The van der Waals surface area contributed by atoms with Gasteiger partial charge in [-0.3, -0.25) is 4.84 Å². The Hall–Kier alpha value is -0.960. The van der Waals surface area contributed by atoms with E-state index in [-0.39, 0.29) is 18.3 Å². The topological polar surface area (TPSA) is 95.5 Å². The second kappa shape index (κ2) is 3.31. The molecule has 1 aliphatic heterocycles. The van der Waals surface area contributed by atoms with Crippen molar-refractivity contribution >= 4 is 10.0 Å². The fourth-order valence-electron chi connectivity index (χ4n) is 1.10. The molecule has 0 spiro atoms. The summed E-state index contributed by atoms with van der Waals surface area (Å²) < 4.78 is 24.0. The van der Waals surface area contributed by atoms with Gasteiger partial charge in [0.2, 0.25) is 5.16 Å². The molecule has 7 nitrogen and oxygen atoms in total. The molecule has 1 saturated heterocycles. The first-order valence-electron chi connectivity index (χ1n) is 3.94. The smallest absolute Gasteiger partial charge is 0.298 e. The van der Waals surface area contributed by atoms with E-state index in [1.807, 2.05) is 0 Å². The summed E-state index contributed by atoms with van der Waals surface area (Å²) in [5, 5.41) is 8.91. The SMILES string of the molecule is O=S(=O)(c1ncc[nH]1)N1C[C@@H](O)CO1. The summed E-state index contributed by atoms with van der Waals surface area (Å²) in [6, 6.07) is 0. The van der Waals surface area contributed by atoms with E-state index in [4.69, 9.17) is 9.94 Å². The van der Waals surface area contributed by atoms with Gasteiger partial charge in [-0.1, -0.05) is 4.47 Å². The normalized spacial score (nSPS) is 24.2. The van der Waals surface area contributed by atoms with Crippen molar-refractivity contribution in [1.82, 2.24) is 14.4 Å². The zero-order valence-electron chi connectivity index (χ0n) is 7.12. The molecule has 0 aliphatic carbocycles. The number of aromatic nitrogens is 2. The maximum Gasteiger partial charge on any atom is 0.298 e. The van der Waals surface area contributed by atoms with Crippen molar-refractivity contribution in [1.29, 1.82) is 0 Å². The van der Waals surface area contributed by atoms with Gasteiger partial charge in [0.15, 0.2) is 0 Å². The fraction of sp³-hybridized carbons (Fsp3) is 0.500. The second-order valence-corrected chi connectivity index (χ2v) is 4.58. The average molecular weight is 219 g/mol. The Morgan fingerprint density at radius 3 is 3.00 bits per heavy atom. The standard InChI is InChI=1S/C6H9N3O4S/c10-5-3-9(13-4-5)14(11,12)6-7-1-2-8-6/h1-2,5,10H,3-4H2,(H,7,8)/t5-/m1/s1. The predicted molar refractivity (Wildman–Crippen MR) is 44.4 cm³/mol. The van der Waals surface area contributed by atoms with Crippen LogP contribution in [0.3, 0.4) is 0 Å². The third-order valence-electron chi connectivity index (χ3n) is 1.76. The van der Waals surface area contributed by atoms with Crippen LogP contribution in [-0.2, 0) is 14.9 Å². The number of rotatable bonds is 2. The van der Waals surface area contributed by atoms with Crippen LogP contribution in [0, 0.1) is 0 Å². The largest absolute Gasteiger partial charge is 0.389 e. The summed E-state index contributed by atoms with van der Waals surface area (Å²) in [5.41, 5.74) is 0. The third-order valence-corrected chi connectivity index (χ3v) is 3.26. The highest BCUT2D eigenvalue weighted by molar-refractivity contribution is 7.88. The summed E-state index contributed by atoms with van der Waals surface area (Å²) in [4.78, 5) is 10.9. The maximum absolute atomic E-state index is 11.6. The lowest BCUT2D eigenvalue weighted by molar-refractivity contribution is -0.0320. The lowest BCUT2D eigenvalue weighted by atomic mass is 10.4. The molecule has 78 valence electrons. The van der Waals surface area contributed by atoms with E-state index in [2.05, 4.69) is 9.97 Å². The minimum atomic E-state index is -3.74. The Bertz CT molecular complexity index is 401. The quantitative estimate of drug-likeness (QED) is 0.645. The van der Waals surface area contributed by atoms with Gasteiger partial charge in [0.1, 0.15) is 0 Å². The van der Waals surface area contributed by atoms with Crippen LogP contribution < -0.4 is 0 Å². The van der Waals surface area contributed by atoms with Gasteiger partial charge in [0, 0.05) is 12.4 Å². The van der Waals surface area contributed by atoms with Gasteiger partial charge in [-0.05, 0) is 0 Å². The fourth-order valence-corrected chi connectivity index (χ4v) is 2.27. The van der Waals surface area contributed by atoms with Crippen LogP contribution in [0.15, 0.2) is 17.6 Å². The highest BCUT2D eigenvalue weighted by atomic mass is 32.2. The van der Waals surface area contributed by atoms with Crippen molar-refractivity contribution in [3.63, 3.8) is 0 Å². The minimum absolute atomic E-state index is 0.0139. The molecule has 0 unspecified atom stereocenters. The molecule has 2 N–H and O–H groups in total. The number of imidazole rings is 1. The number of β-amino-alcohol motifs (C(OH)–C–C–N with tert-alkyl or cyclic N) is 1. The average Bonchev–Trinajstić information content (AvgIpc) is 2.72. The van der Waals surface area contributed by atoms with Crippen molar-refractivity contribution in [3.8, 4) is 0 Å². The first kappa shape index (κ1) is 9.59. The molecule has 2 heterocycles. The van der Waals surface area contributed by atoms with Gasteiger partial charge in [-0.25, -0.2) is 13.4 Å². The van der Waals surface area contributed by atoms with Gasteiger partial charge in [0.05, 0.1) is 19.3 Å². The Kier molecular flexibility index (Phi) is 2.27. The van der Waals surface area contributed by atoms with Crippen molar-refractivity contribution in [2.45, 2.75) is 11.3 Å². The van der Waals surface area contributed by atoms with Crippen molar-refractivity contribution < 1.29 is 18.4 Å². The Morgan fingerprint density at radius 1 is 1.71 bits per heavy atom. The molecule has 1 atom stereocenters. The molecular formula is C6H9N3O4S. The minimum Gasteiger partial charge on any atom is -0.389 e. The molecule has 0 aromatic carbocycles. The van der Waals surface area contributed by atoms with Gasteiger partial charge in [-0.2, -0.15) is 0 Å². The first-order valence-corrected chi connectivity index (χ1v) is 5.38. The lowest BCUT2D eigenvalue weighted by Crippen LogP contribution is -2.29. The highest BCUT2D eigenvalue weighted by Crippen LogP contribution is 2.16. The summed E-state index contributed by atoms with van der Waals surface area (Å²) >= 11 is 0. The van der Waals surface area contributed by atoms with Crippen molar-refractivity contribution in [2.75, 3.05) is 13.2 Å². The molecular weight excluding hydrogens is 210 g/mol. The maximum atomic E-state index is 11.6. The van der Waals surface area contributed by atoms with Crippen LogP contribution in [0.5, 0.6) is 0 Å². The molecule has 0 bridgehead atoms. The van der Waals surface area contributed by atoms with E-state index in [0.717, 1.165) is 4.47 Å². The molecule has 0 saturated carbocycles. The van der Waals surface area contributed by atoms with Gasteiger partial charge < -0.3 is 10.1 Å². The van der Waals surface area contributed by atoms with Crippen molar-refractivity contribution in [3.05, 3.63) is 12.4 Å². The number of aliphatic hydroxyl groups is 1. The molecule has 2 rings (SSSR count). The molecule has 1 aromatic heterocycles. The molecule has 14 heavy (non-hydrogen) atoms. The molecule has 8 heteroatoms. The number of nitrogens with one attached hydrogen (secondary N) is 1. The molecule has 1 fully saturated rings. The number of nitrogens with zero attached hydrogens (tertiary/aromatic N) is 2. The van der Waals surface area contributed by atoms with E-state index in [9.17, 15) is 8.42 Å². The van der Waals surface area contributed by atoms with E-state index < -0.39 is 16.1 Å². The summed E-state index contributed by atoms with van der Waals surface area (Å²) in [5.74, 6) is 0. The lowest BCUT2D eigenvalue weighted by Gasteiger charge is -2.11. The van der Waals surface area contributed by atoms with E-state index >= 15 is 0 Å². The number of aliphatic hydroxyl groups excluding tert-OH is 1. The third kappa shape index (κ3) is 1.52. The monoisotopic (exact) mass is 219 g/mol. The molecule has 0 amide bonds. The molecule has 1 aliphatic rings. The number of sulfonamides is 1. The Balaban J connectivity index is 2.26. The predicted octanol–water partition coefficient (Wildman–Crippen LogP) is -1.29. The van der Waals surface area contributed by atoms with Crippen LogP contribution in [0.2, 0.25) is 0 Å². The zero-order valence-corrected chi connectivity index (χ0v) is 7.94. The number of aromatic amines is 1. The van der Waals surface area contributed by atoms with E-state index in [1.54, 1.807) is 0 Å². The zero-order chi connectivity index (χ0) is 10.2. The van der Waals surface area contributed by atoms with E-state index in [1.165, 1.54) is 12.4 Å². The van der Waals surface area contributed by atoms with Crippen molar-refractivity contribution in [2.24, 2.45) is 0 Å². The van der Waals surface area contributed by atoms with Crippen LogP contribution >= 0.6 is 0 Å². The number of H-pyrrole nitrogens is 1. The van der Waals surface area contributed by atoms with Crippen LogP contribution in [0.1, 0.15) is 0 Å². The number of hydrogen-bond acceptors (Lipinski definition) is 5. The van der Waals surface area contributed by atoms with Gasteiger partial charge >= 0.3 is 0 Å². The Labute approximate surface area is 80.3 Å². The Morgan fingerprint density at radius 2 is 2.50 bits per heavy atom. The summed E-state index contributed by atoms with van der Waals surface area (Å²) in [7, 11) is -3.74. The molecule has 1 aromatic rings. The number of hydroxylamine groups is 1. The van der Waals surface area contributed by atoms with Crippen LogP contribution in [0.25, 0.3) is 0 Å². The van der Waals surface area contributed by atoms with Crippen LogP contribution in [-0.4, -0.2) is 47.2 Å². The van der Waals surface area contributed by atoms with E-state index in [0.29, 0.717) is 0 Å². The first-order chi connectivity index (χ1) is 6.60. The summed E-state index contributed by atoms with van der Waals surface area (Å²) in [6.07, 6.45) is 1.96. The number of hydrogen-bond donors (Lipinski definition) is 2. The van der Waals surface area contributed by atoms with Gasteiger partial charge in [-0.15, -0.1) is 0 Å². The van der Waals surface area contributed by atoms with Crippen LogP contribution in [0.4, 0.5) is 0 Å². The second-order valence-electron chi connectivity index (χ2n) is 2.83. The highest BCUT2D eigenvalue weighted by Gasteiger charge is 2.34. The van der Waals surface area contributed by atoms with Gasteiger partial charge in [0.25, 0.3) is 10.0 Å². The molecule has 0 radical (unpaired) electrons.